The van der Waals surface area contributed by atoms with Crippen LogP contribution < -0.4 is 0 Å². The number of allylic oxidation sites excluding steroid dienone is 2. The van der Waals surface area contributed by atoms with E-state index in [4.69, 9.17) is 4.74 Å². The smallest absolute Gasteiger partial charge is 0.445 e. The number of ether oxygens (including phenoxy) is 1. The SMILES string of the molecule is CC(C)(C)OC(=O)N1CCC2(CC=C([B-](F)(F)F)CC2)CC1. The molecular formula is C15H24BF3NO2-. The van der Waals surface area contributed by atoms with Crippen LogP contribution in [0, 0.1) is 5.41 Å². The Balaban J connectivity index is 1.90. The summed E-state index contributed by atoms with van der Waals surface area (Å²) in [5.74, 6) is 0. The van der Waals surface area contributed by atoms with Crippen molar-refractivity contribution in [1.82, 2.24) is 4.90 Å². The van der Waals surface area contributed by atoms with E-state index in [-0.39, 0.29) is 23.4 Å². The molecule has 1 fully saturated rings. The van der Waals surface area contributed by atoms with Gasteiger partial charge in [0.25, 0.3) is 0 Å². The van der Waals surface area contributed by atoms with E-state index < -0.39 is 12.6 Å². The van der Waals surface area contributed by atoms with Gasteiger partial charge in [0.1, 0.15) is 5.60 Å². The molecule has 1 aliphatic heterocycles. The predicted octanol–water partition coefficient (Wildman–Crippen LogP) is 4.50. The Morgan fingerprint density at radius 1 is 1.23 bits per heavy atom. The van der Waals surface area contributed by atoms with Crippen molar-refractivity contribution < 1.29 is 22.5 Å². The molecule has 0 bridgehead atoms. The molecule has 1 saturated heterocycles. The van der Waals surface area contributed by atoms with Gasteiger partial charge < -0.3 is 22.6 Å². The molecule has 0 aromatic carbocycles. The van der Waals surface area contributed by atoms with E-state index in [9.17, 15) is 17.7 Å². The summed E-state index contributed by atoms with van der Waals surface area (Å²) in [6.45, 7) is 1.76. The van der Waals surface area contributed by atoms with Crippen molar-refractivity contribution in [3.8, 4) is 0 Å². The van der Waals surface area contributed by atoms with Gasteiger partial charge in [0.15, 0.2) is 0 Å². The van der Waals surface area contributed by atoms with Crippen LogP contribution in [0.2, 0.25) is 0 Å². The number of amides is 1. The van der Waals surface area contributed by atoms with Crippen LogP contribution in [0.25, 0.3) is 0 Å². The highest BCUT2D eigenvalue weighted by Crippen LogP contribution is 2.45. The minimum absolute atomic E-state index is 0.0661. The van der Waals surface area contributed by atoms with Crippen LogP contribution in [0.3, 0.4) is 0 Å². The number of hydrogen-bond acceptors (Lipinski definition) is 2. The molecule has 7 heteroatoms. The summed E-state index contributed by atoms with van der Waals surface area (Å²) < 4.78 is 43.6. The van der Waals surface area contributed by atoms with Gasteiger partial charge in [-0.25, -0.2) is 4.79 Å². The zero-order chi connectivity index (χ0) is 16.6. The summed E-state index contributed by atoms with van der Waals surface area (Å²) in [5, 5.41) is 0. The first-order chi connectivity index (χ1) is 10.0. The molecular weight excluding hydrogens is 294 g/mol. The van der Waals surface area contributed by atoms with Crippen LogP contribution in [0.1, 0.15) is 52.9 Å². The first-order valence-corrected chi connectivity index (χ1v) is 7.88. The highest BCUT2D eigenvalue weighted by atomic mass is 19.4. The van der Waals surface area contributed by atoms with E-state index in [0.29, 0.717) is 25.9 Å². The maximum absolute atomic E-state index is 12.7. The molecule has 0 radical (unpaired) electrons. The maximum atomic E-state index is 12.7. The molecule has 1 amide bonds. The minimum atomic E-state index is -4.84. The van der Waals surface area contributed by atoms with E-state index in [1.807, 2.05) is 20.8 Å². The molecule has 0 saturated carbocycles. The number of carbonyl (C=O) groups is 1. The first-order valence-electron chi connectivity index (χ1n) is 7.88. The topological polar surface area (TPSA) is 29.5 Å². The van der Waals surface area contributed by atoms with Gasteiger partial charge in [-0.1, -0.05) is 6.42 Å². The number of piperidine rings is 1. The zero-order valence-electron chi connectivity index (χ0n) is 13.5. The number of rotatable bonds is 1. The molecule has 0 aromatic rings. The molecule has 0 aromatic heterocycles. The number of halogens is 3. The molecule has 0 N–H and O–H groups in total. The first kappa shape index (κ1) is 17.2. The second-order valence-corrected chi connectivity index (χ2v) is 7.53. The Kier molecular flexibility index (Phi) is 4.55. The average Bonchev–Trinajstić information content (AvgIpc) is 2.37. The Morgan fingerprint density at radius 3 is 2.23 bits per heavy atom. The van der Waals surface area contributed by atoms with Gasteiger partial charge in [0, 0.05) is 13.1 Å². The predicted molar refractivity (Wildman–Crippen MR) is 80.5 cm³/mol. The van der Waals surface area contributed by atoms with Crippen molar-refractivity contribution in [3.05, 3.63) is 11.5 Å². The third-order valence-electron chi connectivity index (χ3n) is 4.64. The van der Waals surface area contributed by atoms with Gasteiger partial charge in [0.2, 0.25) is 0 Å². The molecule has 2 aliphatic rings. The third kappa shape index (κ3) is 4.20. The van der Waals surface area contributed by atoms with Gasteiger partial charge in [0.05, 0.1) is 0 Å². The number of nitrogens with zero attached hydrogens (tertiary/aromatic N) is 1. The number of hydrogen-bond donors (Lipinski definition) is 0. The van der Waals surface area contributed by atoms with Crippen molar-refractivity contribution >= 4 is 13.1 Å². The lowest BCUT2D eigenvalue weighted by Gasteiger charge is -2.44. The summed E-state index contributed by atoms with van der Waals surface area (Å²) >= 11 is 0. The standard InChI is InChI=1S/C15H24BF3NO2/c1-14(2,3)22-13(21)20-10-8-15(9-11-20)6-4-12(5-7-15)16(17,18)19/h4H,5-11H2,1-3H3/q-1. The van der Waals surface area contributed by atoms with Crippen LogP contribution in [-0.2, 0) is 4.74 Å². The van der Waals surface area contributed by atoms with Gasteiger partial charge >= 0.3 is 13.1 Å². The van der Waals surface area contributed by atoms with Crippen molar-refractivity contribution in [2.45, 2.75) is 58.5 Å². The molecule has 1 heterocycles. The quantitative estimate of drug-likeness (QED) is 0.666. The van der Waals surface area contributed by atoms with E-state index in [1.165, 1.54) is 6.08 Å². The van der Waals surface area contributed by atoms with Crippen molar-refractivity contribution in [2.75, 3.05) is 13.1 Å². The van der Waals surface area contributed by atoms with Crippen LogP contribution in [-0.4, -0.2) is 36.7 Å². The molecule has 22 heavy (non-hydrogen) atoms. The molecule has 1 spiro atoms. The lowest BCUT2D eigenvalue weighted by molar-refractivity contribution is 0.00871. The summed E-state index contributed by atoms with van der Waals surface area (Å²) in [5.41, 5.74) is -0.924. The summed E-state index contributed by atoms with van der Waals surface area (Å²) in [6.07, 6.45) is 3.73. The van der Waals surface area contributed by atoms with Crippen LogP contribution in [0.15, 0.2) is 11.5 Å². The Hall–Kier alpha value is -1.14. The Bertz CT molecular complexity index is 460. The summed E-state index contributed by atoms with van der Waals surface area (Å²) in [4.78, 5) is 13.7. The van der Waals surface area contributed by atoms with E-state index in [1.54, 1.807) is 4.90 Å². The molecule has 126 valence electrons. The molecule has 0 atom stereocenters. The molecule has 3 nitrogen and oxygen atoms in total. The fourth-order valence-electron chi connectivity index (χ4n) is 3.20. The molecule has 2 rings (SSSR count). The van der Waals surface area contributed by atoms with Crippen molar-refractivity contribution in [3.63, 3.8) is 0 Å². The van der Waals surface area contributed by atoms with Crippen LogP contribution in [0.4, 0.5) is 17.7 Å². The largest absolute Gasteiger partial charge is 0.505 e. The van der Waals surface area contributed by atoms with E-state index in [2.05, 4.69) is 0 Å². The minimum Gasteiger partial charge on any atom is -0.445 e. The van der Waals surface area contributed by atoms with Crippen LogP contribution in [0.5, 0.6) is 0 Å². The lowest BCUT2D eigenvalue weighted by Crippen LogP contribution is -2.45. The van der Waals surface area contributed by atoms with Gasteiger partial charge in [-0.15, -0.1) is 11.5 Å². The van der Waals surface area contributed by atoms with Gasteiger partial charge in [-0.05, 0) is 51.9 Å². The highest BCUT2D eigenvalue weighted by molar-refractivity contribution is 6.66. The fourth-order valence-corrected chi connectivity index (χ4v) is 3.20. The monoisotopic (exact) mass is 318 g/mol. The van der Waals surface area contributed by atoms with Gasteiger partial charge in [-0.3, -0.25) is 0 Å². The normalized spacial score (nSPS) is 22.5. The number of carbonyl (C=O) groups excluding carboxylic acids is 1. The van der Waals surface area contributed by atoms with E-state index >= 15 is 0 Å². The maximum Gasteiger partial charge on any atom is 0.505 e. The van der Waals surface area contributed by atoms with Crippen molar-refractivity contribution in [1.29, 1.82) is 0 Å². The second kappa shape index (κ2) is 5.82. The van der Waals surface area contributed by atoms with Crippen LogP contribution >= 0.6 is 0 Å². The van der Waals surface area contributed by atoms with Crippen molar-refractivity contribution in [2.24, 2.45) is 5.41 Å². The lowest BCUT2D eigenvalue weighted by atomic mass is 9.63. The van der Waals surface area contributed by atoms with E-state index in [0.717, 1.165) is 12.8 Å². The number of likely N-dealkylation sites (tertiary alicyclic amines) is 1. The average molecular weight is 318 g/mol. The Morgan fingerprint density at radius 2 is 1.82 bits per heavy atom. The summed E-state index contributed by atoms with van der Waals surface area (Å²) in [7, 11) is 0. The Labute approximate surface area is 129 Å². The fraction of sp³-hybridized carbons (Fsp3) is 0.800. The van der Waals surface area contributed by atoms with Gasteiger partial charge in [-0.2, -0.15) is 0 Å². The third-order valence-corrected chi connectivity index (χ3v) is 4.64. The molecule has 1 aliphatic carbocycles. The highest BCUT2D eigenvalue weighted by Gasteiger charge is 2.40. The second-order valence-electron chi connectivity index (χ2n) is 7.53. The molecule has 0 unspecified atom stereocenters. The summed E-state index contributed by atoms with van der Waals surface area (Å²) in [6, 6.07) is 0. The zero-order valence-corrected chi connectivity index (χ0v) is 13.5.